The van der Waals surface area contributed by atoms with Crippen LogP contribution >= 0.6 is 11.3 Å². The minimum Gasteiger partial charge on any atom is -0.495 e. The second-order valence-corrected chi connectivity index (χ2v) is 7.33. The fourth-order valence-corrected chi connectivity index (χ4v) is 4.21. The molecule has 3 rings (SSSR count). The van der Waals surface area contributed by atoms with Crippen molar-refractivity contribution in [2.24, 2.45) is 4.99 Å². The van der Waals surface area contributed by atoms with Gasteiger partial charge in [-0.1, -0.05) is 18.3 Å². The lowest BCUT2D eigenvalue weighted by molar-refractivity contribution is -0.394. The minimum atomic E-state index is -0.832. The van der Waals surface area contributed by atoms with Gasteiger partial charge in [0, 0.05) is 18.7 Å². The van der Waals surface area contributed by atoms with Gasteiger partial charge >= 0.3 is 0 Å². The number of non-ortho nitro benzene ring substituents is 2. The maximum atomic E-state index is 12.8. The molecule has 0 bridgehead atoms. The first-order chi connectivity index (χ1) is 14.8. The van der Waals surface area contributed by atoms with Crippen molar-refractivity contribution in [2.45, 2.75) is 19.9 Å². The number of methoxy groups -OCH3 is 2. The van der Waals surface area contributed by atoms with Crippen molar-refractivity contribution in [1.29, 1.82) is 0 Å². The first-order valence-corrected chi connectivity index (χ1v) is 9.89. The molecule has 0 saturated carbocycles. The predicted octanol–water partition coefficient (Wildman–Crippen LogP) is 3.69. The van der Waals surface area contributed by atoms with Crippen LogP contribution < -0.4 is 14.3 Å². The summed E-state index contributed by atoms with van der Waals surface area (Å²) in [6.45, 7) is 2.48. The van der Waals surface area contributed by atoms with Gasteiger partial charge in [-0.25, -0.2) is 0 Å². The molecule has 31 heavy (non-hydrogen) atoms. The number of benzene rings is 2. The van der Waals surface area contributed by atoms with E-state index in [1.807, 2.05) is 6.92 Å². The summed E-state index contributed by atoms with van der Waals surface area (Å²) in [7, 11) is 3.05. The van der Waals surface area contributed by atoms with Crippen molar-refractivity contribution in [3.8, 4) is 11.5 Å². The predicted molar refractivity (Wildman–Crippen MR) is 113 cm³/mol. The van der Waals surface area contributed by atoms with Crippen LogP contribution in [0, 0.1) is 20.2 Å². The Balaban J connectivity index is 2.25. The summed E-state index contributed by atoms with van der Waals surface area (Å²) in [5.74, 6) is 0.312. The summed E-state index contributed by atoms with van der Waals surface area (Å²) < 4.78 is 13.4. The Bertz CT molecular complexity index is 1230. The van der Waals surface area contributed by atoms with E-state index in [1.165, 1.54) is 25.6 Å². The van der Waals surface area contributed by atoms with Crippen LogP contribution in [0.5, 0.6) is 11.5 Å². The number of ether oxygens (including phenoxy) is 2. The molecular weight excluding hydrogens is 428 g/mol. The maximum Gasteiger partial charge on any atom is 0.280 e. The molecule has 0 saturated heterocycles. The van der Waals surface area contributed by atoms with E-state index in [9.17, 15) is 25.0 Å². The third-order valence-electron chi connectivity index (χ3n) is 4.41. The number of thiazole rings is 1. The molecule has 12 heteroatoms. The zero-order valence-corrected chi connectivity index (χ0v) is 17.7. The number of aromatic nitrogens is 1. The number of nitro groups is 2. The van der Waals surface area contributed by atoms with Crippen molar-refractivity contribution >= 4 is 38.8 Å². The van der Waals surface area contributed by atoms with Gasteiger partial charge in [0.2, 0.25) is 0 Å². The molecular formula is C19H18N4O7S. The molecule has 0 unspecified atom stereocenters. The molecule has 0 radical (unpaired) electrons. The molecule has 0 N–H and O–H groups in total. The molecule has 2 aromatic carbocycles. The van der Waals surface area contributed by atoms with Crippen LogP contribution in [0.1, 0.15) is 23.7 Å². The van der Waals surface area contributed by atoms with E-state index in [2.05, 4.69) is 4.99 Å². The van der Waals surface area contributed by atoms with Gasteiger partial charge in [-0.15, -0.1) is 0 Å². The Morgan fingerprint density at radius 1 is 1.06 bits per heavy atom. The lowest BCUT2D eigenvalue weighted by Gasteiger charge is -2.09. The minimum absolute atomic E-state index is 0.250. The van der Waals surface area contributed by atoms with Gasteiger partial charge in [-0.05, 0) is 18.6 Å². The van der Waals surface area contributed by atoms with Crippen LogP contribution in [0.25, 0.3) is 10.2 Å². The van der Waals surface area contributed by atoms with E-state index in [-0.39, 0.29) is 5.56 Å². The molecule has 11 nitrogen and oxygen atoms in total. The lowest BCUT2D eigenvalue weighted by Crippen LogP contribution is -2.17. The Morgan fingerprint density at radius 3 is 2.16 bits per heavy atom. The van der Waals surface area contributed by atoms with Gasteiger partial charge in [0.1, 0.15) is 21.7 Å². The maximum absolute atomic E-state index is 12.8. The van der Waals surface area contributed by atoms with Crippen LogP contribution in [0.2, 0.25) is 0 Å². The molecule has 162 valence electrons. The molecule has 1 heterocycles. The highest BCUT2D eigenvalue weighted by atomic mass is 32.1. The molecule has 0 aliphatic carbocycles. The Kier molecular flexibility index (Phi) is 6.30. The van der Waals surface area contributed by atoms with E-state index in [4.69, 9.17) is 9.47 Å². The van der Waals surface area contributed by atoms with Crippen molar-refractivity contribution in [3.05, 3.63) is 60.9 Å². The second kappa shape index (κ2) is 8.92. The fraction of sp³-hybridized carbons (Fsp3) is 0.263. The third kappa shape index (κ3) is 4.23. The third-order valence-corrected chi connectivity index (χ3v) is 5.50. The number of hydrogen-bond donors (Lipinski definition) is 0. The normalized spacial score (nSPS) is 11.5. The van der Waals surface area contributed by atoms with Gasteiger partial charge in [0.25, 0.3) is 17.3 Å². The molecule has 0 aliphatic rings. The molecule has 0 aliphatic heterocycles. The van der Waals surface area contributed by atoms with Crippen LogP contribution in [0.4, 0.5) is 11.4 Å². The van der Waals surface area contributed by atoms with Crippen LogP contribution in [0.15, 0.2) is 35.3 Å². The number of fused-ring (bicyclic) bond motifs is 1. The number of hydrogen-bond acceptors (Lipinski definition) is 8. The van der Waals surface area contributed by atoms with Gasteiger partial charge in [-0.3, -0.25) is 25.0 Å². The largest absolute Gasteiger partial charge is 0.495 e. The average Bonchev–Trinajstić information content (AvgIpc) is 3.10. The van der Waals surface area contributed by atoms with E-state index in [0.717, 1.165) is 24.6 Å². The quantitative estimate of drug-likeness (QED) is 0.398. The van der Waals surface area contributed by atoms with E-state index in [1.54, 1.807) is 16.7 Å². The summed E-state index contributed by atoms with van der Waals surface area (Å²) in [5, 5.41) is 22.2. The van der Waals surface area contributed by atoms with Gasteiger partial charge in [0.15, 0.2) is 4.80 Å². The van der Waals surface area contributed by atoms with Gasteiger partial charge < -0.3 is 14.0 Å². The Labute approximate surface area is 179 Å². The number of nitro benzene ring substituents is 2. The summed E-state index contributed by atoms with van der Waals surface area (Å²) >= 11 is 1.19. The smallest absolute Gasteiger partial charge is 0.280 e. The number of nitrogens with zero attached hydrogens (tertiary/aromatic N) is 4. The number of carbonyl (C=O) groups is 1. The fourth-order valence-electron chi connectivity index (χ4n) is 3.05. The van der Waals surface area contributed by atoms with Crippen molar-refractivity contribution in [1.82, 2.24) is 4.57 Å². The summed E-state index contributed by atoms with van der Waals surface area (Å²) in [6.07, 6.45) is 0.732. The first kappa shape index (κ1) is 21.9. The highest BCUT2D eigenvalue weighted by Crippen LogP contribution is 2.35. The van der Waals surface area contributed by atoms with Gasteiger partial charge in [0.05, 0.1) is 35.7 Å². The molecule has 1 aromatic heterocycles. The standard InChI is InChI=1S/C19H18N4O7S/c1-4-7-21-16-14(29-2)5-6-15(30-3)17(16)31-19(21)20-18(24)11-8-12(22(25)26)10-13(9-11)23(27)28/h5-6,8-10H,4,7H2,1-3H3. The number of rotatable bonds is 7. The zero-order valence-electron chi connectivity index (χ0n) is 16.9. The van der Waals surface area contributed by atoms with Gasteiger partial charge in [-0.2, -0.15) is 4.99 Å². The topological polar surface area (TPSA) is 139 Å². The van der Waals surface area contributed by atoms with Crippen LogP contribution in [0.3, 0.4) is 0 Å². The summed E-state index contributed by atoms with van der Waals surface area (Å²) in [6, 6.07) is 6.22. The SMILES string of the molecule is CCCn1c(=NC(=O)c2cc([N+](=O)[O-])cc([N+](=O)[O-])c2)sc2c(OC)ccc(OC)c21. The van der Waals surface area contributed by atoms with Crippen LogP contribution in [-0.4, -0.2) is 34.5 Å². The molecule has 1 amide bonds. The highest BCUT2D eigenvalue weighted by Gasteiger charge is 2.21. The van der Waals surface area contributed by atoms with E-state index < -0.39 is 27.1 Å². The molecule has 0 atom stereocenters. The first-order valence-electron chi connectivity index (χ1n) is 9.08. The van der Waals surface area contributed by atoms with Crippen molar-refractivity contribution in [3.63, 3.8) is 0 Å². The van der Waals surface area contributed by atoms with Crippen molar-refractivity contribution < 1.29 is 24.1 Å². The highest BCUT2D eigenvalue weighted by molar-refractivity contribution is 7.16. The number of carbonyl (C=O) groups excluding carboxylic acids is 1. The van der Waals surface area contributed by atoms with Crippen molar-refractivity contribution in [2.75, 3.05) is 14.2 Å². The monoisotopic (exact) mass is 446 g/mol. The van der Waals surface area contributed by atoms with E-state index in [0.29, 0.717) is 33.1 Å². The van der Waals surface area contributed by atoms with E-state index >= 15 is 0 Å². The lowest BCUT2D eigenvalue weighted by atomic mass is 10.1. The number of aryl methyl sites for hydroxylation is 1. The molecule has 3 aromatic rings. The summed E-state index contributed by atoms with van der Waals surface area (Å²) in [5.41, 5.74) is -0.673. The Hall–Kier alpha value is -3.80. The Morgan fingerprint density at radius 2 is 1.65 bits per heavy atom. The zero-order chi connectivity index (χ0) is 22.7. The molecule has 0 fully saturated rings. The number of amides is 1. The molecule has 0 spiro atoms. The van der Waals surface area contributed by atoms with Crippen LogP contribution in [-0.2, 0) is 6.54 Å². The average molecular weight is 446 g/mol. The summed E-state index contributed by atoms with van der Waals surface area (Å²) in [4.78, 5) is 37.9. The second-order valence-electron chi connectivity index (χ2n) is 6.35.